The van der Waals surface area contributed by atoms with Gasteiger partial charge in [0.15, 0.2) is 0 Å². The Morgan fingerprint density at radius 2 is 2.15 bits per heavy atom. The van der Waals surface area contributed by atoms with Crippen LogP contribution in [0.25, 0.3) is 0 Å². The minimum atomic E-state index is 0.765. The molecule has 0 amide bonds. The molecule has 0 bridgehead atoms. The zero-order chi connectivity index (χ0) is 9.52. The van der Waals surface area contributed by atoms with Gasteiger partial charge in [-0.25, -0.2) is 0 Å². The Kier molecular flexibility index (Phi) is 4.14. The lowest BCUT2D eigenvalue weighted by Crippen LogP contribution is -1.76. The molecule has 1 aromatic carbocycles. The van der Waals surface area contributed by atoms with Gasteiger partial charge in [0, 0.05) is 11.3 Å². The SMILES string of the molecule is C/C(C#N)=C/SCc1ccccc1. The zero-order valence-corrected chi connectivity index (χ0v) is 8.34. The maximum atomic E-state index is 8.50. The number of thioether (sulfide) groups is 1. The molecule has 66 valence electrons. The van der Waals surface area contributed by atoms with Crippen molar-refractivity contribution in [1.29, 1.82) is 5.26 Å². The number of allylic oxidation sites excluding steroid dienone is 1. The van der Waals surface area contributed by atoms with E-state index in [0.717, 1.165) is 11.3 Å². The third-order valence-electron chi connectivity index (χ3n) is 1.53. The predicted octanol–water partition coefficient (Wildman–Crippen LogP) is 3.35. The first-order chi connectivity index (χ1) is 6.33. The summed E-state index contributed by atoms with van der Waals surface area (Å²) in [5.41, 5.74) is 2.05. The first-order valence-electron chi connectivity index (χ1n) is 4.05. The van der Waals surface area contributed by atoms with Gasteiger partial charge in [-0.1, -0.05) is 30.3 Å². The van der Waals surface area contributed by atoms with Gasteiger partial charge < -0.3 is 0 Å². The third-order valence-corrected chi connectivity index (χ3v) is 2.55. The molecule has 1 aromatic rings. The molecular formula is C11H11NS. The molecule has 0 saturated heterocycles. The summed E-state index contributed by atoms with van der Waals surface area (Å²) in [6.45, 7) is 1.82. The first kappa shape index (κ1) is 9.88. The highest BCUT2D eigenvalue weighted by Gasteiger charge is 1.89. The second-order valence-electron chi connectivity index (χ2n) is 2.71. The van der Waals surface area contributed by atoms with Crippen LogP contribution in [-0.2, 0) is 5.75 Å². The molecule has 0 atom stereocenters. The van der Waals surface area contributed by atoms with Crippen LogP contribution in [0.1, 0.15) is 12.5 Å². The van der Waals surface area contributed by atoms with E-state index in [4.69, 9.17) is 5.26 Å². The Morgan fingerprint density at radius 1 is 1.46 bits per heavy atom. The fourth-order valence-corrected chi connectivity index (χ4v) is 1.63. The lowest BCUT2D eigenvalue weighted by atomic mass is 10.2. The van der Waals surface area contributed by atoms with E-state index in [2.05, 4.69) is 18.2 Å². The highest BCUT2D eigenvalue weighted by Crippen LogP contribution is 2.14. The zero-order valence-electron chi connectivity index (χ0n) is 7.53. The van der Waals surface area contributed by atoms with Crippen molar-refractivity contribution in [2.24, 2.45) is 0 Å². The molecule has 0 aliphatic heterocycles. The van der Waals surface area contributed by atoms with E-state index in [1.165, 1.54) is 5.56 Å². The van der Waals surface area contributed by atoms with Crippen LogP contribution >= 0.6 is 11.8 Å². The van der Waals surface area contributed by atoms with Crippen LogP contribution < -0.4 is 0 Å². The molecule has 2 heteroatoms. The van der Waals surface area contributed by atoms with Gasteiger partial charge in [-0.15, -0.1) is 11.8 Å². The standard InChI is InChI=1S/C11H11NS/c1-10(7-12)8-13-9-11-5-3-2-4-6-11/h2-6,8H,9H2,1H3/b10-8-. The molecule has 0 aliphatic rings. The van der Waals surface area contributed by atoms with Gasteiger partial charge in [0.05, 0.1) is 6.07 Å². The quantitative estimate of drug-likeness (QED) is 0.681. The fraction of sp³-hybridized carbons (Fsp3) is 0.182. The summed E-state index contributed by atoms with van der Waals surface area (Å²) in [6.07, 6.45) is 0. The van der Waals surface area contributed by atoms with Crippen molar-refractivity contribution in [1.82, 2.24) is 0 Å². The largest absolute Gasteiger partial charge is 0.193 e. The third kappa shape index (κ3) is 3.82. The molecular weight excluding hydrogens is 178 g/mol. The molecule has 0 aliphatic carbocycles. The molecule has 0 heterocycles. The van der Waals surface area contributed by atoms with Gasteiger partial charge in [-0.05, 0) is 17.9 Å². The molecule has 1 rings (SSSR count). The maximum absolute atomic E-state index is 8.50. The van der Waals surface area contributed by atoms with Crippen LogP contribution in [0.2, 0.25) is 0 Å². The highest BCUT2D eigenvalue weighted by atomic mass is 32.2. The molecule has 0 fully saturated rings. The Balaban J connectivity index is 2.41. The Hall–Kier alpha value is -1.20. The molecule has 1 nitrogen and oxygen atoms in total. The van der Waals surface area contributed by atoms with E-state index in [0.29, 0.717) is 0 Å². The number of hydrogen-bond donors (Lipinski definition) is 0. The van der Waals surface area contributed by atoms with Crippen molar-refractivity contribution in [3.8, 4) is 6.07 Å². The number of nitriles is 1. The summed E-state index contributed by atoms with van der Waals surface area (Å²) in [6, 6.07) is 12.3. The van der Waals surface area contributed by atoms with Crippen LogP contribution in [0.5, 0.6) is 0 Å². The molecule has 0 spiro atoms. The predicted molar refractivity (Wildman–Crippen MR) is 57.1 cm³/mol. The maximum Gasteiger partial charge on any atom is 0.0949 e. The van der Waals surface area contributed by atoms with Crippen molar-refractivity contribution < 1.29 is 0 Å². The number of benzene rings is 1. The Labute approximate surface area is 83.1 Å². The topological polar surface area (TPSA) is 23.8 Å². The molecule has 0 saturated carbocycles. The van der Waals surface area contributed by atoms with Gasteiger partial charge in [0.1, 0.15) is 0 Å². The molecule has 0 N–H and O–H groups in total. The smallest absolute Gasteiger partial charge is 0.0949 e. The minimum Gasteiger partial charge on any atom is -0.193 e. The molecule has 0 radical (unpaired) electrons. The van der Waals surface area contributed by atoms with E-state index < -0.39 is 0 Å². The van der Waals surface area contributed by atoms with Crippen molar-refractivity contribution in [2.75, 3.05) is 0 Å². The van der Waals surface area contributed by atoms with E-state index >= 15 is 0 Å². The lowest BCUT2D eigenvalue weighted by molar-refractivity contribution is 1.42. The number of hydrogen-bond acceptors (Lipinski definition) is 2. The van der Waals surface area contributed by atoms with Crippen LogP contribution in [0.4, 0.5) is 0 Å². The average Bonchev–Trinajstić information content (AvgIpc) is 2.19. The minimum absolute atomic E-state index is 0.765. The van der Waals surface area contributed by atoms with Crippen LogP contribution in [-0.4, -0.2) is 0 Å². The molecule has 13 heavy (non-hydrogen) atoms. The second-order valence-corrected chi connectivity index (χ2v) is 3.57. The summed E-state index contributed by atoms with van der Waals surface area (Å²) >= 11 is 1.65. The van der Waals surface area contributed by atoms with Crippen molar-refractivity contribution in [2.45, 2.75) is 12.7 Å². The number of nitrogens with zero attached hydrogens (tertiary/aromatic N) is 1. The van der Waals surface area contributed by atoms with E-state index in [1.807, 2.05) is 30.5 Å². The average molecular weight is 189 g/mol. The van der Waals surface area contributed by atoms with Crippen LogP contribution in [0, 0.1) is 11.3 Å². The summed E-state index contributed by atoms with van der Waals surface area (Å²) in [5, 5.41) is 10.4. The molecule has 0 unspecified atom stereocenters. The van der Waals surface area contributed by atoms with Gasteiger partial charge in [0.2, 0.25) is 0 Å². The van der Waals surface area contributed by atoms with Crippen LogP contribution in [0.15, 0.2) is 41.3 Å². The normalized spacial score (nSPS) is 10.9. The van der Waals surface area contributed by atoms with E-state index in [1.54, 1.807) is 11.8 Å². The van der Waals surface area contributed by atoms with Gasteiger partial charge in [0.25, 0.3) is 0 Å². The Bertz CT molecular complexity index is 322. The Morgan fingerprint density at radius 3 is 2.77 bits per heavy atom. The van der Waals surface area contributed by atoms with E-state index in [9.17, 15) is 0 Å². The van der Waals surface area contributed by atoms with Crippen molar-refractivity contribution in [3.63, 3.8) is 0 Å². The van der Waals surface area contributed by atoms with Gasteiger partial charge >= 0.3 is 0 Å². The van der Waals surface area contributed by atoms with Crippen molar-refractivity contribution >= 4 is 11.8 Å². The summed E-state index contributed by atoms with van der Waals surface area (Å²) in [5.74, 6) is 0.930. The lowest BCUT2D eigenvalue weighted by Gasteiger charge is -1.96. The van der Waals surface area contributed by atoms with Crippen molar-refractivity contribution in [3.05, 3.63) is 46.9 Å². The highest BCUT2D eigenvalue weighted by molar-refractivity contribution is 8.01. The summed E-state index contributed by atoms with van der Waals surface area (Å²) in [4.78, 5) is 0. The number of rotatable bonds is 3. The molecule has 0 aromatic heterocycles. The van der Waals surface area contributed by atoms with Crippen LogP contribution in [0.3, 0.4) is 0 Å². The van der Waals surface area contributed by atoms with E-state index in [-0.39, 0.29) is 0 Å². The summed E-state index contributed by atoms with van der Waals surface area (Å²) < 4.78 is 0. The van der Waals surface area contributed by atoms with Gasteiger partial charge in [-0.2, -0.15) is 5.26 Å². The van der Waals surface area contributed by atoms with Gasteiger partial charge in [-0.3, -0.25) is 0 Å². The summed E-state index contributed by atoms with van der Waals surface area (Å²) in [7, 11) is 0. The fourth-order valence-electron chi connectivity index (χ4n) is 0.863. The first-order valence-corrected chi connectivity index (χ1v) is 5.10. The monoisotopic (exact) mass is 189 g/mol. The second kappa shape index (κ2) is 5.45.